The monoisotopic (exact) mass is 275 g/mol. The molecule has 0 unspecified atom stereocenters. The summed E-state index contributed by atoms with van der Waals surface area (Å²) in [5.41, 5.74) is 1.14. The van der Waals surface area contributed by atoms with Crippen LogP contribution in [-0.2, 0) is 6.54 Å². The SMILES string of the molecule is C#CCOc1cc(OCCC)ccc1CNC(C)(C)C. The summed E-state index contributed by atoms with van der Waals surface area (Å²) < 4.78 is 11.2. The van der Waals surface area contributed by atoms with Gasteiger partial charge in [0, 0.05) is 23.7 Å². The molecule has 1 aromatic carbocycles. The second-order valence-electron chi connectivity index (χ2n) is 5.71. The van der Waals surface area contributed by atoms with Gasteiger partial charge in [0.2, 0.25) is 0 Å². The van der Waals surface area contributed by atoms with Crippen LogP contribution in [0.5, 0.6) is 11.5 Å². The van der Waals surface area contributed by atoms with Gasteiger partial charge in [-0.3, -0.25) is 0 Å². The third kappa shape index (κ3) is 5.99. The zero-order valence-corrected chi connectivity index (χ0v) is 13.0. The van der Waals surface area contributed by atoms with Crippen LogP contribution in [0.1, 0.15) is 39.7 Å². The van der Waals surface area contributed by atoms with Crippen LogP contribution in [0.2, 0.25) is 0 Å². The number of rotatable bonds is 7. The normalized spacial score (nSPS) is 10.9. The standard InChI is InChI=1S/C17H25NO2/c1-6-10-19-15-9-8-14(13-18-17(3,4)5)16(12-15)20-11-7-2/h2,8-9,12,18H,6,10-11,13H2,1,3-5H3. The number of terminal acetylenes is 1. The van der Waals surface area contributed by atoms with Crippen molar-refractivity contribution in [1.29, 1.82) is 0 Å². The molecule has 110 valence electrons. The van der Waals surface area contributed by atoms with Crippen molar-refractivity contribution in [3.63, 3.8) is 0 Å². The summed E-state index contributed by atoms with van der Waals surface area (Å²) in [6.07, 6.45) is 6.25. The molecule has 0 amide bonds. The lowest BCUT2D eigenvalue weighted by Gasteiger charge is -2.21. The summed E-state index contributed by atoms with van der Waals surface area (Å²) in [5, 5.41) is 3.45. The van der Waals surface area contributed by atoms with Gasteiger partial charge in [-0.2, -0.15) is 0 Å². The number of ether oxygens (including phenoxy) is 2. The van der Waals surface area contributed by atoms with E-state index in [1.54, 1.807) is 0 Å². The Hall–Kier alpha value is -1.66. The molecule has 0 saturated carbocycles. The van der Waals surface area contributed by atoms with Gasteiger partial charge in [0.15, 0.2) is 0 Å². The smallest absolute Gasteiger partial charge is 0.148 e. The first-order chi connectivity index (χ1) is 9.46. The van der Waals surface area contributed by atoms with E-state index in [9.17, 15) is 0 Å². The van der Waals surface area contributed by atoms with E-state index in [4.69, 9.17) is 15.9 Å². The lowest BCUT2D eigenvalue weighted by Crippen LogP contribution is -2.35. The highest BCUT2D eigenvalue weighted by Crippen LogP contribution is 2.25. The molecule has 0 saturated heterocycles. The Morgan fingerprint density at radius 3 is 2.60 bits per heavy atom. The zero-order chi connectivity index (χ0) is 15.0. The molecule has 0 aromatic heterocycles. The van der Waals surface area contributed by atoms with Crippen LogP contribution >= 0.6 is 0 Å². The molecule has 0 heterocycles. The van der Waals surface area contributed by atoms with Crippen molar-refractivity contribution in [2.45, 2.75) is 46.2 Å². The maximum absolute atomic E-state index is 5.62. The fraction of sp³-hybridized carbons (Fsp3) is 0.529. The van der Waals surface area contributed by atoms with E-state index < -0.39 is 0 Å². The Kier molecular flexibility index (Phi) is 6.41. The molecule has 3 nitrogen and oxygen atoms in total. The van der Waals surface area contributed by atoms with Crippen LogP contribution in [0.4, 0.5) is 0 Å². The van der Waals surface area contributed by atoms with Crippen molar-refractivity contribution < 1.29 is 9.47 Å². The largest absolute Gasteiger partial charge is 0.493 e. The lowest BCUT2D eigenvalue weighted by atomic mass is 10.1. The van der Waals surface area contributed by atoms with E-state index >= 15 is 0 Å². The minimum absolute atomic E-state index is 0.0563. The van der Waals surface area contributed by atoms with Crippen LogP contribution in [0.15, 0.2) is 18.2 Å². The lowest BCUT2D eigenvalue weighted by molar-refractivity contribution is 0.311. The van der Waals surface area contributed by atoms with Crippen LogP contribution in [0.3, 0.4) is 0 Å². The summed E-state index contributed by atoms with van der Waals surface area (Å²) in [6, 6.07) is 5.90. The first-order valence-corrected chi connectivity index (χ1v) is 7.03. The van der Waals surface area contributed by atoms with E-state index in [1.807, 2.05) is 18.2 Å². The fourth-order valence-electron chi connectivity index (χ4n) is 1.60. The third-order valence-corrected chi connectivity index (χ3v) is 2.63. The first kappa shape index (κ1) is 16.4. The first-order valence-electron chi connectivity index (χ1n) is 7.03. The second-order valence-corrected chi connectivity index (χ2v) is 5.71. The quantitative estimate of drug-likeness (QED) is 0.774. The van der Waals surface area contributed by atoms with Gasteiger partial charge >= 0.3 is 0 Å². The van der Waals surface area contributed by atoms with Gasteiger partial charge in [-0.15, -0.1) is 6.42 Å². The van der Waals surface area contributed by atoms with Crippen LogP contribution in [0, 0.1) is 12.3 Å². The molecule has 20 heavy (non-hydrogen) atoms. The highest BCUT2D eigenvalue weighted by Gasteiger charge is 2.12. The Morgan fingerprint density at radius 2 is 2.00 bits per heavy atom. The zero-order valence-electron chi connectivity index (χ0n) is 13.0. The molecule has 0 aliphatic carbocycles. The van der Waals surface area contributed by atoms with E-state index in [2.05, 4.69) is 38.9 Å². The molecule has 1 N–H and O–H groups in total. The van der Waals surface area contributed by atoms with Crippen molar-refractivity contribution in [1.82, 2.24) is 5.32 Å². The van der Waals surface area contributed by atoms with Crippen molar-refractivity contribution in [3.05, 3.63) is 23.8 Å². The summed E-state index contributed by atoms with van der Waals surface area (Å²) in [4.78, 5) is 0. The molecule has 1 aromatic rings. The molecule has 1 rings (SSSR count). The molecule has 0 fully saturated rings. The number of hydrogen-bond acceptors (Lipinski definition) is 3. The van der Waals surface area contributed by atoms with E-state index in [0.29, 0.717) is 6.61 Å². The van der Waals surface area contributed by atoms with Gasteiger partial charge in [0.05, 0.1) is 6.61 Å². The van der Waals surface area contributed by atoms with Gasteiger partial charge in [-0.25, -0.2) is 0 Å². The summed E-state index contributed by atoms with van der Waals surface area (Å²) in [6.45, 7) is 10.2. The van der Waals surface area contributed by atoms with E-state index in [-0.39, 0.29) is 12.1 Å². The van der Waals surface area contributed by atoms with Crippen LogP contribution in [0.25, 0.3) is 0 Å². The van der Waals surface area contributed by atoms with E-state index in [0.717, 1.165) is 30.0 Å². The van der Waals surface area contributed by atoms with Gasteiger partial charge in [-0.05, 0) is 33.3 Å². The molecule has 0 aliphatic heterocycles. The molecule has 0 bridgehead atoms. The Morgan fingerprint density at radius 1 is 1.25 bits per heavy atom. The average Bonchev–Trinajstić information content (AvgIpc) is 2.40. The second kappa shape index (κ2) is 7.81. The number of nitrogens with one attached hydrogen (secondary N) is 1. The summed E-state index contributed by atoms with van der Waals surface area (Å²) in [7, 11) is 0. The van der Waals surface area contributed by atoms with Crippen molar-refractivity contribution in [3.8, 4) is 23.8 Å². The molecule has 0 aliphatic rings. The van der Waals surface area contributed by atoms with Crippen molar-refractivity contribution in [2.24, 2.45) is 0 Å². The predicted octanol–water partition coefficient (Wildman–Crippen LogP) is 3.38. The minimum Gasteiger partial charge on any atom is -0.493 e. The van der Waals surface area contributed by atoms with Gasteiger partial charge < -0.3 is 14.8 Å². The Labute approximate surface area is 122 Å². The Balaban J connectivity index is 2.83. The molecular formula is C17H25NO2. The van der Waals surface area contributed by atoms with Crippen molar-refractivity contribution >= 4 is 0 Å². The molecule has 3 heteroatoms. The fourth-order valence-corrected chi connectivity index (χ4v) is 1.60. The molecule has 0 radical (unpaired) electrons. The topological polar surface area (TPSA) is 30.5 Å². The molecular weight excluding hydrogens is 250 g/mol. The van der Waals surface area contributed by atoms with Crippen LogP contribution < -0.4 is 14.8 Å². The Bertz CT molecular complexity index is 455. The molecule has 0 spiro atoms. The van der Waals surface area contributed by atoms with Crippen LogP contribution in [-0.4, -0.2) is 18.8 Å². The third-order valence-electron chi connectivity index (χ3n) is 2.63. The van der Waals surface area contributed by atoms with Crippen molar-refractivity contribution in [2.75, 3.05) is 13.2 Å². The maximum atomic E-state index is 5.62. The van der Waals surface area contributed by atoms with Gasteiger partial charge in [0.1, 0.15) is 18.1 Å². The average molecular weight is 275 g/mol. The predicted molar refractivity (Wildman–Crippen MR) is 83.1 cm³/mol. The van der Waals surface area contributed by atoms with Gasteiger partial charge in [-0.1, -0.05) is 18.9 Å². The summed E-state index contributed by atoms with van der Waals surface area (Å²) >= 11 is 0. The minimum atomic E-state index is 0.0563. The highest BCUT2D eigenvalue weighted by atomic mass is 16.5. The number of benzene rings is 1. The maximum Gasteiger partial charge on any atom is 0.148 e. The number of hydrogen-bond donors (Lipinski definition) is 1. The highest BCUT2D eigenvalue weighted by molar-refractivity contribution is 5.41. The van der Waals surface area contributed by atoms with E-state index in [1.165, 1.54) is 0 Å². The molecule has 0 atom stereocenters. The van der Waals surface area contributed by atoms with Gasteiger partial charge in [0.25, 0.3) is 0 Å². The summed E-state index contributed by atoms with van der Waals surface area (Å²) in [5.74, 6) is 4.10.